The Hall–Kier alpha value is -3.77. The quantitative estimate of drug-likeness (QED) is 0.426. The average molecular weight is 643 g/mol. The van der Waals surface area contributed by atoms with E-state index in [9.17, 15) is 23.2 Å². The number of ether oxygens (including phenoxy) is 4. The Kier molecular flexibility index (Phi) is 7.51. The first kappa shape index (κ1) is 30.9. The second-order valence-corrected chi connectivity index (χ2v) is 14.6. The van der Waals surface area contributed by atoms with Crippen LogP contribution in [-0.4, -0.2) is 70.3 Å². The fourth-order valence-corrected chi connectivity index (χ4v) is 7.82. The van der Waals surface area contributed by atoms with Gasteiger partial charge < -0.3 is 34.0 Å². The number of aryl methyl sites for hydroxylation is 1. The lowest BCUT2D eigenvalue weighted by Gasteiger charge is -2.35. The molecule has 3 aliphatic heterocycles. The molecular weight excluding hydrogens is 602 g/mol. The molecule has 7 rings (SSSR count). The van der Waals surface area contributed by atoms with E-state index >= 15 is 0 Å². The van der Waals surface area contributed by atoms with Crippen molar-refractivity contribution in [3.63, 3.8) is 0 Å². The Morgan fingerprint density at radius 2 is 1.83 bits per heavy atom. The van der Waals surface area contributed by atoms with E-state index in [1.54, 1.807) is 6.07 Å². The van der Waals surface area contributed by atoms with E-state index in [0.717, 1.165) is 44.8 Å². The van der Waals surface area contributed by atoms with Crippen molar-refractivity contribution in [2.45, 2.75) is 103 Å². The number of benzene rings is 1. The molecule has 3 fully saturated rings. The summed E-state index contributed by atoms with van der Waals surface area (Å²) in [6, 6.07) is 1.16. The molecule has 2 bridgehead atoms. The minimum atomic E-state index is -3.83. The lowest BCUT2D eigenvalue weighted by molar-refractivity contribution is -0.286. The molecule has 2 aromatic rings. The normalized spacial score (nSPS) is 33.9. The Labute approximate surface area is 265 Å². The number of alkyl halides is 2. The lowest BCUT2D eigenvalue weighted by atomic mass is 9.85. The number of aromatic nitrogens is 2. The summed E-state index contributed by atoms with van der Waals surface area (Å²) in [5.41, 5.74) is 0.303. The number of aldehydes is 1. The molecule has 2 saturated carbocycles. The minimum absolute atomic E-state index is 0.0461. The summed E-state index contributed by atoms with van der Waals surface area (Å²) in [6.07, 6.45) is 1.49. The summed E-state index contributed by atoms with van der Waals surface area (Å²) in [5, 5.41) is 2.84. The van der Waals surface area contributed by atoms with Crippen LogP contribution in [0.1, 0.15) is 71.9 Å². The molecule has 1 saturated heterocycles. The van der Waals surface area contributed by atoms with Crippen molar-refractivity contribution in [1.82, 2.24) is 20.2 Å². The van der Waals surface area contributed by atoms with Crippen molar-refractivity contribution in [2.24, 2.45) is 29.1 Å². The molecular formula is C33H40F2N4O7. The van der Waals surface area contributed by atoms with Gasteiger partial charge in [-0.25, -0.2) is 14.8 Å². The number of alkyl carbamates (subject to hydrolysis) is 1. The van der Waals surface area contributed by atoms with Crippen LogP contribution in [0.5, 0.6) is 17.4 Å². The summed E-state index contributed by atoms with van der Waals surface area (Å²) in [6.45, 7) is 7.41. The van der Waals surface area contributed by atoms with Crippen molar-refractivity contribution >= 4 is 29.3 Å². The van der Waals surface area contributed by atoms with Gasteiger partial charge in [-0.05, 0) is 67.4 Å². The molecule has 1 N–H and O–H groups in total. The zero-order chi connectivity index (χ0) is 32.5. The highest BCUT2D eigenvalue weighted by Crippen LogP contribution is 2.57. The van der Waals surface area contributed by atoms with E-state index in [2.05, 4.69) is 15.0 Å². The predicted molar refractivity (Wildman–Crippen MR) is 159 cm³/mol. The summed E-state index contributed by atoms with van der Waals surface area (Å²) in [5.74, 6) is 0.324. The van der Waals surface area contributed by atoms with Crippen LogP contribution in [0.15, 0.2) is 12.1 Å². The number of halogens is 2. The maximum Gasteiger partial charge on any atom is 0.586 e. The second-order valence-electron chi connectivity index (χ2n) is 14.6. The standard InChI is InChI=1S/C33H40F2N4O7/c1-16-22(15-40)39-14-25(16)43-29-21(36-20-10-11-23-27(26(20)37-29)46-33(34,35)45-23)9-7-5-6-8-18-19-12-17(19)13-24(18)44-31(42)38-28(30(39)41)32(2,3)4/h10-11,15-19,22,24-25,28H,5-9,12-14H2,1-4H3,(H,38,42)/t16-,17?,18+,19?,22+,24+,25-,28+/m0/s1. The van der Waals surface area contributed by atoms with Crippen LogP contribution >= 0.6 is 0 Å². The van der Waals surface area contributed by atoms with Gasteiger partial charge in [-0.1, -0.05) is 40.5 Å². The first-order valence-electron chi connectivity index (χ1n) is 16.3. The molecule has 2 aliphatic carbocycles. The third-order valence-corrected chi connectivity index (χ3v) is 10.4. The fourth-order valence-electron chi connectivity index (χ4n) is 7.82. The van der Waals surface area contributed by atoms with Crippen LogP contribution in [0.3, 0.4) is 0 Å². The number of rotatable bonds is 1. The average Bonchev–Trinajstić information content (AvgIpc) is 3.40. The van der Waals surface area contributed by atoms with E-state index < -0.39 is 47.8 Å². The zero-order valence-corrected chi connectivity index (χ0v) is 26.5. The molecule has 1 aromatic heterocycles. The van der Waals surface area contributed by atoms with E-state index in [-0.39, 0.29) is 41.5 Å². The third-order valence-electron chi connectivity index (χ3n) is 10.4. The van der Waals surface area contributed by atoms with Crippen molar-refractivity contribution in [1.29, 1.82) is 0 Å². The van der Waals surface area contributed by atoms with Crippen molar-refractivity contribution in [3.8, 4) is 17.4 Å². The van der Waals surface area contributed by atoms with Crippen molar-refractivity contribution in [3.05, 3.63) is 17.8 Å². The van der Waals surface area contributed by atoms with Crippen molar-refractivity contribution < 1.29 is 42.1 Å². The van der Waals surface area contributed by atoms with E-state index in [0.29, 0.717) is 29.5 Å². The Morgan fingerprint density at radius 3 is 2.59 bits per heavy atom. The van der Waals surface area contributed by atoms with Crippen LogP contribution in [0.4, 0.5) is 13.6 Å². The summed E-state index contributed by atoms with van der Waals surface area (Å²) < 4.78 is 49.8. The zero-order valence-electron chi connectivity index (χ0n) is 26.5. The number of nitrogens with one attached hydrogen (secondary N) is 1. The number of carbonyl (C=O) groups is 3. The summed E-state index contributed by atoms with van der Waals surface area (Å²) in [7, 11) is 0. The van der Waals surface area contributed by atoms with Crippen LogP contribution in [-0.2, 0) is 20.7 Å². The molecule has 2 amide bonds. The third kappa shape index (κ3) is 5.59. The first-order chi connectivity index (χ1) is 21.8. The number of nitrogens with zero attached hydrogens (tertiary/aromatic N) is 3. The Balaban J connectivity index is 1.24. The summed E-state index contributed by atoms with van der Waals surface area (Å²) in [4.78, 5) is 50.6. The van der Waals surface area contributed by atoms with Gasteiger partial charge in [0.05, 0.1) is 18.1 Å². The van der Waals surface area contributed by atoms with Gasteiger partial charge in [-0.2, -0.15) is 0 Å². The molecule has 0 radical (unpaired) electrons. The maximum absolute atomic E-state index is 14.1. The monoisotopic (exact) mass is 642 g/mol. The van der Waals surface area contributed by atoms with Crippen LogP contribution in [0, 0.1) is 29.1 Å². The van der Waals surface area contributed by atoms with Gasteiger partial charge in [0.2, 0.25) is 17.5 Å². The molecule has 4 heterocycles. The Bertz CT molecular complexity index is 1560. The van der Waals surface area contributed by atoms with Gasteiger partial charge in [0.15, 0.2) is 5.75 Å². The number of hydrogen-bond acceptors (Lipinski definition) is 9. The first-order valence-corrected chi connectivity index (χ1v) is 16.3. The smallest absolute Gasteiger partial charge is 0.471 e. The molecule has 0 spiro atoms. The molecule has 1 aromatic carbocycles. The number of amides is 2. The van der Waals surface area contributed by atoms with E-state index in [4.69, 9.17) is 19.2 Å². The molecule has 8 atom stereocenters. The van der Waals surface area contributed by atoms with E-state index in [1.165, 1.54) is 11.0 Å². The molecule has 2 unspecified atom stereocenters. The topological polar surface area (TPSA) is 129 Å². The molecule has 13 heteroatoms. The predicted octanol–water partition coefficient (Wildman–Crippen LogP) is 5.03. The number of fused-ring (bicyclic) bond motifs is 9. The largest absolute Gasteiger partial charge is 0.586 e. The van der Waals surface area contributed by atoms with Gasteiger partial charge in [-0.3, -0.25) is 4.79 Å². The number of carbonyl (C=O) groups excluding carboxylic acids is 3. The van der Waals surface area contributed by atoms with E-state index in [1.807, 2.05) is 27.7 Å². The highest BCUT2D eigenvalue weighted by atomic mass is 19.3. The lowest BCUT2D eigenvalue weighted by Crippen LogP contribution is -2.56. The van der Waals surface area contributed by atoms with Crippen LogP contribution < -0.4 is 19.5 Å². The molecule has 5 aliphatic rings. The SMILES string of the molecule is C[C@@H]1[C@@H]2CN(C(=O)[C@H](C(C)(C)C)NC(=O)O[C@@H]3CC4CC4[C@H]3CCCCCc3nc4ccc5c(c4nc3O2)OC(F)(F)O5)[C@@H]1C=O. The highest BCUT2D eigenvalue weighted by Gasteiger charge is 2.55. The maximum atomic E-state index is 14.1. The van der Waals surface area contributed by atoms with Gasteiger partial charge >= 0.3 is 12.4 Å². The molecule has 248 valence electrons. The molecule has 46 heavy (non-hydrogen) atoms. The van der Waals surface area contributed by atoms with Crippen LogP contribution in [0.2, 0.25) is 0 Å². The van der Waals surface area contributed by atoms with Gasteiger partial charge in [0, 0.05) is 5.92 Å². The number of hydrogen-bond donors (Lipinski definition) is 1. The van der Waals surface area contributed by atoms with Gasteiger partial charge in [0.25, 0.3) is 0 Å². The minimum Gasteiger partial charge on any atom is -0.471 e. The van der Waals surface area contributed by atoms with Crippen molar-refractivity contribution in [2.75, 3.05) is 6.54 Å². The summed E-state index contributed by atoms with van der Waals surface area (Å²) >= 11 is 0. The van der Waals surface area contributed by atoms with Gasteiger partial charge in [0.1, 0.15) is 35.7 Å². The fraction of sp³-hybridized carbons (Fsp3) is 0.667. The molecule has 11 nitrogen and oxygen atoms in total. The van der Waals surface area contributed by atoms with Gasteiger partial charge in [-0.15, -0.1) is 8.78 Å². The van der Waals surface area contributed by atoms with Crippen LogP contribution in [0.25, 0.3) is 11.0 Å². The second kappa shape index (κ2) is 11.2. The highest BCUT2D eigenvalue weighted by molar-refractivity contribution is 5.89. The Morgan fingerprint density at radius 1 is 1.02 bits per heavy atom.